The summed E-state index contributed by atoms with van der Waals surface area (Å²) >= 11 is 0. The molecule has 2 N–H and O–H groups in total. The second-order valence-electron chi connectivity index (χ2n) is 3.89. The van der Waals surface area contributed by atoms with Gasteiger partial charge in [0, 0.05) is 24.7 Å². The third-order valence-corrected chi connectivity index (χ3v) is 2.68. The number of nitrogens with one attached hydrogen (secondary N) is 1. The lowest BCUT2D eigenvalue weighted by Gasteiger charge is -2.22. The average Bonchev–Trinajstić information content (AvgIpc) is 2.39. The van der Waals surface area contributed by atoms with Crippen LogP contribution < -0.4 is 5.32 Å². The molecule has 0 radical (unpaired) electrons. The number of phenols is 1. The van der Waals surface area contributed by atoms with Gasteiger partial charge in [-0.25, -0.2) is 0 Å². The highest BCUT2D eigenvalue weighted by molar-refractivity contribution is 6.00. The van der Waals surface area contributed by atoms with Crippen molar-refractivity contribution >= 4 is 11.5 Å². The largest absolute Gasteiger partial charge is 0.502 e. The number of nitrogens with zero attached hydrogens (tertiary/aromatic N) is 1. The quantitative estimate of drug-likeness (QED) is 0.460. The van der Waals surface area contributed by atoms with Gasteiger partial charge in [0.25, 0.3) is 0 Å². The Kier molecular flexibility index (Phi) is 3.54. The molecule has 7 nitrogen and oxygen atoms in total. The molecule has 0 bridgehead atoms. The fourth-order valence-electron chi connectivity index (χ4n) is 1.74. The Hall–Kier alpha value is -1.99. The minimum absolute atomic E-state index is 0.160. The van der Waals surface area contributed by atoms with Crippen LogP contribution in [0.15, 0.2) is 18.2 Å². The molecular weight excluding hydrogens is 240 g/mol. The molecule has 1 atom stereocenters. The second-order valence-corrected chi connectivity index (χ2v) is 3.89. The van der Waals surface area contributed by atoms with Gasteiger partial charge < -0.3 is 15.2 Å². The summed E-state index contributed by atoms with van der Waals surface area (Å²) in [6.45, 7) is 1.49. The summed E-state index contributed by atoms with van der Waals surface area (Å²) in [4.78, 5) is 22.0. The number of ether oxygens (including phenoxy) is 1. The number of Topliss-reactive ketones (excluding diaryl/α,β-unsaturated/α-hetero) is 1. The Morgan fingerprint density at radius 3 is 2.94 bits per heavy atom. The Morgan fingerprint density at radius 2 is 2.33 bits per heavy atom. The van der Waals surface area contributed by atoms with Crippen molar-refractivity contribution in [3.8, 4) is 5.75 Å². The number of aromatic hydroxyl groups is 1. The van der Waals surface area contributed by atoms with Gasteiger partial charge in [-0.2, -0.15) is 0 Å². The number of hydrogen-bond donors (Lipinski definition) is 2. The van der Waals surface area contributed by atoms with Crippen molar-refractivity contribution in [1.82, 2.24) is 5.32 Å². The van der Waals surface area contributed by atoms with Crippen LogP contribution in [0.1, 0.15) is 10.4 Å². The lowest BCUT2D eigenvalue weighted by atomic mass is 10.0. The number of carbonyl (C=O) groups is 1. The summed E-state index contributed by atoms with van der Waals surface area (Å²) in [7, 11) is 0. The second kappa shape index (κ2) is 5.11. The molecule has 1 aromatic rings. The van der Waals surface area contributed by atoms with Crippen LogP contribution >= 0.6 is 0 Å². The normalized spacial score (nSPS) is 19.4. The van der Waals surface area contributed by atoms with E-state index in [4.69, 9.17) is 4.74 Å². The van der Waals surface area contributed by atoms with E-state index in [1.165, 1.54) is 6.07 Å². The van der Waals surface area contributed by atoms with Crippen LogP contribution in [0.2, 0.25) is 0 Å². The highest BCUT2D eigenvalue weighted by atomic mass is 16.6. The molecule has 0 aromatic heterocycles. The molecular formula is C11H12N2O5. The molecule has 1 saturated heterocycles. The van der Waals surface area contributed by atoms with Gasteiger partial charge in [-0.05, 0) is 12.1 Å². The van der Waals surface area contributed by atoms with Crippen LogP contribution in [0.3, 0.4) is 0 Å². The lowest BCUT2D eigenvalue weighted by molar-refractivity contribution is -0.385. The van der Waals surface area contributed by atoms with E-state index in [1.807, 2.05) is 0 Å². The first-order chi connectivity index (χ1) is 8.59. The number of benzene rings is 1. The predicted octanol–water partition coefficient (Wildman–Crippen LogP) is 0.471. The van der Waals surface area contributed by atoms with Crippen molar-refractivity contribution in [2.45, 2.75) is 6.10 Å². The number of morpholine rings is 1. The molecule has 1 fully saturated rings. The number of carbonyl (C=O) groups excluding carboxylic acids is 1. The SMILES string of the molecule is O=C(c1ccc(O)c([N+](=O)[O-])c1)C1CNCCO1. The zero-order valence-corrected chi connectivity index (χ0v) is 9.46. The van der Waals surface area contributed by atoms with Crippen LogP contribution in [0.25, 0.3) is 0 Å². The Balaban J connectivity index is 2.24. The van der Waals surface area contributed by atoms with E-state index in [0.29, 0.717) is 19.7 Å². The number of rotatable bonds is 3. The molecule has 2 rings (SSSR count). The molecule has 1 aliphatic rings. The highest BCUT2D eigenvalue weighted by Crippen LogP contribution is 2.27. The standard InChI is InChI=1S/C11H12N2O5/c14-9-2-1-7(5-8(9)13(16)17)11(15)10-6-12-3-4-18-10/h1-2,5,10,12,14H,3-4,6H2. The van der Waals surface area contributed by atoms with E-state index < -0.39 is 22.5 Å². The molecule has 1 heterocycles. The van der Waals surface area contributed by atoms with Crippen LogP contribution in [0.5, 0.6) is 5.75 Å². The van der Waals surface area contributed by atoms with Gasteiger partial charge in [-0.3, -0.25) is 14.9 Å². The van der Waals surface area contributed by atoms with Gasteiger partial charge in [0.2, 0.25) is 0 Å². The molecule has 0 amide bonds. The van der Waals surface area contributed by atoms with Gasteiger partial charge in [0.15, 0.2) is 11.5 Å². The molecule has 0 saturated carbocycles. The maximum Gasteiger partial charge on any atom is 0.311 e. The molecule has 1 aromatic carbocycles. The van der Waals surface area contributed by atoms with Crippen LogP contribution in [-0.2, 0) is 4.74 Å². The Morgan fingerprint density at radius 1 is 1.56 bits per heavy atom. The number of nitro benzene ring substituents is 1. The van der Waals surface area contributed by atoms with Crippen molar-refractivity contribution in [1.29, 1.82) is 0 Å². The van der Waals surface area contributed by atoms with Gasteiger partial charge in [0.05, 0.1) is 11.5 Å². The summed E-state index contributed by atoms with van der Waals surface area (Å²) < 4.78 is 5.28. The van der Waals surface area contributed by atoms with Gasteiger partial charge in [-0.1, -0.05) is 0 Å². The maximum atomic E-state index is 12.0. The molecule has 7 heteroatoms. The molecule has 1 unspecified atom stereocenters. The topological polar surface area (TPSA) is 102 Å². The lowest BCUT2D eigenvalue weighted by Crippen LogP contribution is -2.43. The first kappa shape index (κ1) is 12.5. The third-order valence-electron chi connectivity index (χ3n) is 2.68. The van der Waals surface area contributed by atoms with E-state index in [9.17, 15) is 20.0 Å². The first-order valence-corrected chi connectivity index (χ1v) is 5.43. The molecule has 96 valence electrons. The summed E-state index contributed by atoms with van der Waals surface area (Å²) in [6.07, 6.45) is -0.636. The number of hydrogen-bond acceptors (Lipinski definition) is 6. The summed E-state index contributed by atoms with van der Waals surface area (Å²) in [5, 5.41) is 23.0. The molecule has 18 heavy (non-hydrogen) atoms. The van der Waals surface area contributed by atoms with Crippen LogP contribution in [0.4, 0.5) is 5.69 Å². The van der Waals surface area contributed by atoms with Gasteiger partial charge in [-0.15, -0.1) is 0 Å². The van der Waals surface area contributed by atoms with Crippen LogP contribution in [-0.4, -0.2) is 41.6 Å². The molecule has 0 aliphatic carbocycles. The van der Waals surface area contributed by atoms with Crippen molar-refractivity contribution < 1.29 is 19.6 Å². The van der Waals surface area contributed by atoms with Crippen molar-refractivity contribution in [2.24, 2.45) is 0 Å². The maximum absolute atomic E-state index is 12.0. The average molecular weight is 252 g/mol. The van der Waals surface area contributed by atoms with E-state index in [1.54, 1.807) is 0 Å². The smallest absolute Gasteiger partial charge is 0.311 e. The predicted molar refractivity (Wildman–Crippen MR) is 61.7 cm³/mol. The number of phenolic OH excluding ortho intramolecular Hbond substituents is 1. The van der Waals surface area contributed by atoms with Crippen LogP contribution in [0, 0.1) is 10.1 Å². The number of ketones is 1. The van der Waals surface area contributed by atoms with Gasteiger partial charge >= 0.3 is 5.69 Å². The number of nitro groups is 1. The minimum atomic E-state index is -0.730. The van der Waals surface area contributed by atoms with E-state index >= 15 is 0 Å². The zero-order valence-electron chi connectivity index (χ0n) is 9.46. The molecule has 0 spiro atoms. The van der Waals surface area contributed by atoms with Gasteiger partial charge in [0.1, 0.15) is 6.10 Å². The molecule has 1 aliphatic heterocycles. The first-order valence-electron chi connectivity index (χ1n) is 5.43. The fourth-order valence-corrected chi connectivity index (χ4v) is 1.74. The monoisotopic (exact) mass is 252 g/mol. The van der Waals surface area contributed by atoms with Crippen molar-refractivity contribution in [3.63, 3.8) is 0 Å². The summed E-state index contributed by atoms with van der Waals surface area (Å²) in [6, 6.07) is 3.56. The zero-order chi connectivity index (χ0) is 13.1. The summed E-state index contributed by atoms with van der Waals surface area (Å²) in [5.41, 5.74) is -0.321. The van der Waals surface area contributed by atoms with Crippen molar-refractivity contribution in [3.05, 3.63) is 33.9 Å². The minimum Gasteiger partial charge on any atom is -0.502 e. The Labute approximate surface area is 103 Å². The van der Waals surface area contributed by atoms with E-state index in [-0.39, 0.29) is 11.3 Å². The Bertz CT molecular complexity index is 482. The third kappa shape index (κ3) is 2.47. The highest BCUT2D eigenvalue weighted by Gasteiger charge is 2.25. The fraction of sp³-hybridized carbons (Fsp3) is 0.364. The van der Waals surface area contributed by atoms with E-state index in [2.05, 4.69) is 5.32 Å². The summed E-state index contributed by atoms with van der Waals surface area (Å²) in [5.74, 6) is -0.787. The van der Waals surface area contributed by atoms with Crippen molar-refractivity contribution in [2.75, 3.05) is 19.7 Å². The van der Waals surface area contributed by atoms with E-state index in [0.717, 1.165) is 12.1 Å².